The van der Waals surface area contributed by atoms with E-state index < -0.39 is 0 Å². The third-order valence-corrected chi connectivity index (χ3v) is 4.36. The van der Waals surface area contributed by atoms with Crippen molar-refractivity contribution in [3.8, 4) is 11.6 Å². The van der Waals surface area contributed by atoms with Gasteiger partial charge in [0.05, 0.1) is 12.0 Å². The zero-order valence-corrected chi connectivity index (χ0v) is 15.2. The number of hydrogen-bond acceptors (Lipinski definition) is 5. The Labute approximate surface area is 150 Å². The first-order valence-corrected chi connectivity index (χ1v) is 8.91. The molecule has 1 amide bonds. The number of anilines is 1. The minimum atomic E-state index is -0.246. The topological polar surface area (TPSA) is 73.0 Å². The van der Waals surface area contributed by atoms with Crippen LogP contribution in [0.2, 0.25) is 0 Å². The van der Waals surface area contributed by atoms with Crippen LogP contribution >= 0.6 is 11.8 Å². The highest BCUT2D eigenvalue weighted by Gasteiger charge is 2.25. The van der Waals surface area contributed by atoms with E-state index in [1.807, 2.05) is 47.0 Å². The Kier molecular flexibility index (Phi) is 4.94. The summed E-state index contributed by atoms with van der Waals surface area (Å²) in [4.78, 5) is 12.2. The number of rotatable bonds is 5. The Morgan fingerprint density at radius 3 is 2.56 bits per heavy atom. The predicted molar refractivity (Wildman–Crippen MR) is 98.5 cm³/mol. The molecule has 3 aromatic rings. The van der Waals surface area contributed by atoms with Crippen LogP contribution in [0.1, 0.15) is 20.8 Å². The molecule has 3 rings (SSSR count). The zero-order chi connectivity index (χ0) is 17.9. The zero-order valence-electron chi connectivity index (χ0n) is 14.4. The highest BCUT2D eigenvalue weighted by atomic mass is 32.2. The van der Waals surface area contributed by atoms with Crippen molar-refractivity contribution in [2.24, 2.45) is 0 Å². The van der Waals surface area contributed by atoms with Crippen LogP contribution in [0.3, 0.4) is 0 Å². The van der Waals surface area contributed by atoms with E-state index in [0.717, 1.165) is 5.69 Å². The van der Waals surface area contributed by atoms with Crippen molar-refractivity contribution in [1.29, 1.82) is 0 Å². The number of amides is 1. The maximum Gasteiger partial charge on any atom is 0.234 e. The molecule has 2 heterocycles. The minimum Gasteiger partial charge on any atom is -0.461 e. The van der Waals surface area contributed by atoms with Crippen LogP contribution in [-0.4, -0.2) is 26.4 Å². The molecule has 1 aromatic carbocycles. The van der Waals surface area contributed by atoms with Gasteiger partial charge in [0.15, 0.2) is 10.9 Å². The number of carbonyl (C=O) groups excluding carboxylic acids is 1. The fourth-order valence-electron chi connectivity index (χ4n) is 2.38. The molecule has 0 bridgehead atoms. The molecule has 0 unspecified atom stereocenters. The van der Waals surface area contributed by atoms with E-state index in [9.17, 15) is 4.79 Å². The van der Waals surface area contributed by atoms with Gasteiger partial charge in [-0.05, 0) is 45.0 Å². The quantitative estimate of drug-likeness (QED) is 0.699. The first-order chi connectivity index (χ1) is 11.9. The van der Waals surface area contributed by atoms with Crippen LogP contribution in [0, 0.1) is 0 Å². The fraction of sp³-hybridized carbons (Fsp3) is 0.278. The first kappa shape index (κ1) is 17.3. The molecule has 2 aromatic heterocycles. The summed E-state index contributed by atoms with van der Waals surface area (Å²) in [6, 6.07) is 13.1. The van der Waals surface area contributed by atoms with Crippen molar-refractivity contribution in [3.05, 3.63) is 48.7 Å². The lowest BCUT2D eigenvalue weighted by atomic mass is 10.1. The Morgan fingerprint density at radius 2 is 1.92 bits per heavy atom. The predicted octanol–water partition coefficient (Wildman–Crippen LogP) is 4.02. The molecular weight excluding hydrogens is 336 g/mol. The maximum absolute atomic E-state index is 12.2. The summed E-state index contributed by atoms with van der Waals surface area (Å²) in [5.41, 5.74) is 0.533. The Morgan fingerprint density at radius 1 is 1.16 bits per heavy atom. The van der Waals surface area contributed by atoms with E-state index in [0.29, 0.717) is 16.7 Å². The lowest BCUT2D eigenvalue weighted by molar-refractivity contribution is -0.113. The number of aromatic nitrogens is 3. The van der Waals surface area contributed by atoms with E-state index >= 15 is 0 Å². The van der Waals surface area contributed by atoms with Gasteiger partial charge in [0.1, 0.15) is 0 Å². The number of para-hydroxylation sites is 1. The second-order valence-electron chi connectivity index (χ2n) is 6.49. The molecule has 0 atom stereocenters. The highest BCUT2D eigenvalue weighted by Crippen LogP contribution is 2.30. The molecule has 130 valence electrons. The summed E-state index contributed by atoms with van der Waals surface area (Å²) >= 11 is 1.36. The lowest BCUT2D eigenvalue weighted by Gasteiger charge is -2.24. The van der Waals surface area contributed by atoms with Crippen LogP contribution in [-0.2, 0) is 10.3 Å². The summed E-state index contributed by atoms with van der Waals surface area (Å²) in [5.74, 6) is 1.48. The SMILES string of the molecule is CC(C)(C)n1c(SCC(=O)Nc2ccccc2)nnc1-c1ccco1. The van der Waals surface area contributed by atoms with E-state index in [4.69, 9.17) is 4.42 Å². The Bertz CT molecular complexity index is 836. The minimum absolute atomic E-state index is 0.0841. The van der Waals surface area contributed by atoms with Gasteiger partial charge in [-0.25, -0.2) is 0 Å². The van der Waals surface area contributed by atoms with Crippen LogP contribution in [0.4, 0.5) is 5.69 Å². The summed E-state index contributed by atoms with van der Waals surface area (Å²) in [7, 11) is 0. The van der Waals surface area contributed by atoms with E-state index in [1.165, 1.54) is 11.8 Å². The molecule has 0 aliphatic rings. The number of benzene rings is 1. The molecule has 0 radical (unpaired) electrons. The first-order valence-electron chi connectivity index (χ1n) is 7.92. The lowest BCUT2D eigenvalue weighted by Crippen LogP contribution is -2.24. The highest BCUT2D eigenvalue weighted by molar-refractivity contribution is 7.99. The molecule has 0 saturated carbocycles. The number of nitrogens with one attached hydrogen (secondary N) is 1. The van der Waals surface area contributed by atoms with Crippen molar-refractivity contribution < 1.29 is 9.21 Å². The molecule has 0 aliphatic carbocycles. The van der Waals surface area contributed by atoms with E-state index in [-0.39, 0.29) is 17.2 Å². The normalized spacial score (nSPS) is 11.5. The number of thioether (sulfide) groups is 1. The molecular formula is C18H20N4O2S. The molecule has 1 N–H and O–H groups in total. The summed E-state index contributed by atoms with van der Waals surface area (Å²) in [6.07, 6.45) is 1.61. The van der Waals surface area contributed by atoms with Gasteiger partial charge in [-0.15, -0.1) is 10.2 Å². The van der Waals surface area contributed by atoms with Crippen molar-refractivity contribution in [2.45, 2.75) is 31.5 Å². The number of furan rings is 1. The Balaban J connectivity index is 1.75. The molecule has 7 heteroatoms. The van der Waals surface area contributed by atoms with Crippen molar-refractivity contribution >= 4 is 23.4 Å². The fourth-order valence-corrected chi connectivity index (χ4v) is 3.30. The van der Waals surface area contributed by atoms with Gasteiger partial charge in [0.2, 0.25) is 11.7 Å². The molecule has 0 saturated heterocycles. The maximum atomic E-state index is 12.2. The summed E-state index contributed by atoms with van der Waals surface area (Å²) in [5, 5.41) is 12.1. The van der Waals surface area contributed by atoms with Crippen molar-refractivity contribution in [1.82, 2.24) is 14.8 Å². The molecule has 6 nitrogen and oxygen atoms in total. The monoisotopic (exact) mass is 356 g/mol. The second kappa shape index (κ2) is 7.14. The van der Waals surface area contributed by atoms with Gasteiger partial charge < -0.3 is 9.73 Å². The van der Waals surface area contributed by atoms with Gasteiger partial charge in [0, 0.05) is 11.2 Å². The second-order valence-corrected chi connectivity index (χ2v) is 7.44. The van der Waals surface area contributed by atoms with Gasteiger partial charge in [0.25, 0.3) is 0 Å². The summed E-state index contributed by atoms with van der Waals surface area (Å²) < 4.78 is 7.45. The van der Waals surface area contributed by atoms with Gasteiger partial charge >= 0.3 is 0 Å². The van der Waals surface area contributed by atoms with Gasteiger partial charge in [-0.1, -0.05) is 30.0 Å². The number of nitrogens with zero attached hydrogens (tertiary/aromatic N) is 3. The standard InChI is InChI=1S/C18H20N4O2S/c1-18(2,3)22-16(14-10-7-11-24-14)20-21-17(22)25-12-15(23)19-13-8-5-4-6-9-13/h4-11H,12H2,1-3H3,(H,19,23). The molecule has 25 heavy (non-hydrogen) atoms. The molecule has 0 fully saturated rings. The van der Waals surface area contributed by atoms with Gasteiger partial charge in [-0.3, -0.25) is 9.36 Å². The number of carbonyl (C=O) groups is 1. The molecule has 0 aliphatic heterocycles. The van der Waals surface area contributed by atoms with Crippen LogP contribution in [0.15, 0.2) is 58.3 Å². The third kappa shape index (κ3) is 4.11. The average molecular weight is 356 g/mol. The van der Waals surface area contributed by atoms with Crippen LogP contribution < -0.4 is 5.32 Å². The number of hydrogen-bond donors (Lipinski definition) is 1. The third-order valence-electron chi connectivity index (χ3n) is 3.44. The summed E-state index contributed by atoms with van der Waals surface area (Å²) in [6.45, 7) is 6.20. The van der Waals surface area contributed by atoms with Crippen LogP contribution in [0.5, 0.6) is 0 Å². The van der Waals surface area contributed by atoms with E-state index in [2.05, 4.69) is 36.3 Å². The average Bonchev–Trinajstić information content (AvgIpc) is 3.22. The van der Waals surface area contributed by atoms with Crippen LogP contribution in [0.25, 0.3) is 11.6 Å². The Hall–Kier alpha value is -2.54. The largest absolute Gasteiger partial charge is 0.461 e. The van der Waals surface area contributed by atoms with Gasteiger partial charge in [-0.2, -0.15) is 0 Å². The molecule has 0 spiro atoms. The smallest absolute Gasteiger partial charge is 0.234 e. The van der Waals surface area contributed by atoms with E-state index in [1.54, 1.807) is 6.26 Å². The van der Waals surface area contributed by atoms with Crippen molar-refractivity contribution in [3.63, 3.8) is 0 Å². The van der Waals surface area contributed by atoms with Crippen molar-refractivity contribution in [2.75, 3.05) is 11.1 Å².